The molecule has 0 aliphatic rings. The van der Waals surface area contributed by atoms with E-state index < -0.39 is 0 Å². The number of rotatable bonds is 3. The van der Waals surface area contributed by atoms with E-state index >= 15 is 0 Å². The molecule has 1 N–H and O–H groups in total. The fourth-order valence-corrected chi connectivity index (χ4v) is 1.44. The van der Waals surface area contributed by atoms with Gasteiger partial charge < -0.3 is 4.57 Å². The van der Waals surface area contributed by atoms with E-state index in [1.807, 2.05) is 10.8 Å². The monoisotopic (exact) mass is 202 g/mol. The molecule has 1 heterocycles. The van der Waals surface area contributed by atoms with Crippen LogP contribution in [0.15, 0.2) is 17.1 Å². The largest absolute Gasteiger partial charge is 0.324 e. The molecule has 0 aromatic carbocycles. The standard InChI is InChI=1S/C7H10N2OS2/c1-12-5-4-9-3-2-6(10)8-7(9)11/h2-3H,4-5H2,1H3,(H,8,10,11). The predicted octanol–water partition coefficient (Wildman–Crippen LogP) is 1.27. The van der Waals surface area contributed by atoms with E-state index in [4.69, 9.17) is 12.2 Å². The molecule has 0 atom stereocenters. The molecule has 1 rings (SSSR count). The van der Waals surface area contributed by atoms with Crippen molar-refractivity contribution in [3.05, 3.63) is 27.4 Å². The highest BCUT2D eigenvalue weighted by atomic mass is 32.2. The van der Waals surface area contributed by atoms with Gasteiger partial charge in [0.1, 0.15) is 0 Å². The average Bonchev–Trinajstić information content (AvgIpc) is 2.03. The minimum absolute atomic E-state index is 0.139. The molecule has 3 nitrogen and oxygen atoms in total. The minimum Gasteiger partial charge on any atom is -0.324 e. The van der Waals surface area contributed by atoms with Crippen molar-refractivity contribution in [1.82, 2.24) is 9.55 Å². The maximum absolute atomic E-state index is 10.8. The predicted molar refractivity (Wildman–Crippen MR) is 54.3 cm³/mol. The third kappa shape index (κ3) is 2.49. The zero-order valence-corrected chi connectivity index (χ0v) is 8.37. The number of aromatic nitrogens is 2. The van der Waals surface area contributed by atoms with Crippen molar-refractivity contribution in [3.63, 3.8) is 0 Å². The maximum atomic E-state index is 10.8. The molecular formula is C7H10N2OS2. The molecule has 0 saturated carbocycles. The van der Waals surface area contributed by atoms with Crippen LogP contribution < -0.4 is 5.56 Å². The summed E-state index contributed by atoms with van der Waals surface area (Å²) in [5, 5.41) is 0. The first-order valence-electron chi connectivity index (χ1n) is 3.53. The normalized spacial score (nSPS) is 10.1. The number of hydrogen-bond acceptors (Lipinski definition) is 3. The summed E-state index contributed by atoms with van der Waals surface area (Å²) in [6.07, 6.45) is 3.76. The van der Waals surface area contributed by atoms with Crippen molar-refractivity contribution in [3.8, 4) is 0 Å². The molecule has 1 aromatic rings. The van der Waals surface area contributed by atoms with Crippen molar-refractivity contribution in [2.75, 3.05) is 12.0 Å². The van der Waals surface area contributed by atoms with Crippen LogP contribution in [0.1, 0.15) is 0 Å². The van der Waals surface area contributed by atoms with E-state index in [1.165, 1.54) is 6.07 Å². The summed E-state index contributed by atoms with van der Waals surface area (Å²) < 4.78 is 2.35. The van der Waals surface area contributed by atoms with Gasteiger partial charge in [-0.3, -0.25) is 9.78 Å². The van der Waals surface area contributed by atoms with Crippen LogP contribution in [-0.2, 0) is 6.54 Å². The lowest BCUT2D eigenvalue weighted by atomic mass is 10.6. The quantitative estimate of drug-likeness (QED) is 0.750. The Bertz CT molecular complexity index is 355. The summed E-state index contributed by atoms with van der Waals surface area (Å²) in [6, 6.07) is 1.48. The van der Waals surface area contributed by atoms with E-state index in [2.05, 4.69) is 4.98 Å². The van der Waals surface area contributed by atoms with Crippen LogP contribution in [0.2, 0.25) is 0 Å². The van der Waals surface area contributed by atoms with Crippen LogP contribution in [0.3, 0.4) is 0 Å². The van der Waals surface area contributed by atoms with Crippen molar-refractivity contribution in [2.45, 2.75) is 6.54 Å². The fourth-order valence-electron chi connectivity index (χ4n) is 0.810. The molecule has 0 radical (unpaired) electrons. The average molecular weight is 202 g/mol. The maximum Gasteiger partial charge on any atom is 0.251 e. The van der Waals surface area contributed by atoms with Gasteiger partial charge in [0.05, 0.1) is 0 Å². The molecule has 0 amide bonds. The Kier molecular flexibility index (Phi) is 3.55. The number of nitrogens with zero attached hydrogens (tertiary/aromatic N) is 1. The molecule has 0 aliphatic heterocycles. The van der Waals surface area contributed by atoms with E-state index in [-0.39, 0.29) is 5.56 Å². The number of H-pyrrole nitrogens is 1. The molecule has 0 unspecified atom stereocenters. The first-order valence-corrected chi connectivity index (χ1v) is 5.33. The number of thioether (sulfide) groups is 1. The van der Waals surface area contributed by atoms with Gasteiger partial charge in [-0.05, 0) is 18.5 Å². The summed E-state index contributed by atoms with van der Waals surface area (Å²) in [5.41, 5.74) is -0.139. The van der Waals surface area contributed by atoms with Crippen LogP contribution in [0, 0.1) is 4.77 Å². The Hall–Kier alpha value is -0.550. The minimum atomic E-state index is -0.139. The van der Waals surface area contributed by atoms with Crippen molar-refractivity contribution >= 4 is 24.0 Å². The summed E-state index contributed by atoms with van der Waals surface area (Å²) >= 11 is 6.70. The Labute approximate surface area is 79.8 Å². The van der Waals surface area contributed by atoms with Gasteiger partial charge in [-0.15, -0.1) is 0 Å². The van der Waals surface area contributed by atoms with Gasteiger partial charge in [-0.2, -0.15) is 11.8 Å². The Morgan fingerprint density at radius 2 is 2.50 bits per heavy atom. The number of hydrogen-bond donors (Lipinski definition) is 1. The van der Waals surface area contributed by atoms with Crippen molar-refractivity contribution < 1.29 is 0 Å². The smallest absolute Gasteiger partial charge is 0.251 e. The molecule has 66 valence electrons. The third-order valence-corrected chi connectivity index (χ3v) is 2.36. The molecule has 0 saturated heterocycles. The number of nitrogens with one attached hydrogen (secondary N) is 1. The highest BCUT2D eigenvalue weighted by Gasteiger charge is 1.91. The van der Waals surface area contributed by atoms with Crippen LogP contribution in [0.25, 0.3) is 0 Å². The number of aromatic amines is 1. The summed E-state index contributed by atoms with van der Waals surface area (Å²) in [5.74, 6) is 1.00. The summed E-state index contributed by atoms with van der Waals surface area (Å²) in [6.45, 7) is 0.844. The van der Waals surface area contributed by atoms with Gasteiger partial charge in [0.25, 0.3) is 5.56 Å². The molecule has 0 bridgehead atoms. The van der Waals surface area contributed by atoms with Gasteiger partial charge in [0.15, 0.2) is 4.77 Å². The summed E-state index contributed by atoms with van der Waals surface area (Å²) in [7, 11) is 0. The summed E-state index contributed by atoms with van der Waals surface area (Å²) in [4.78, 5) is 13.3. The lowest BCUT2D eigenvalue weighted by Gasteiger charge is -2.02. The fraction of sp³-hybridized carbons (Fsp3) is 0.429. The highest BCUT2D eigenvalue weighted by Crippen LogP contribution is 1.94. The van der Waals surface area contributed by atoms with Gasteiger partial charge in [-0.1, -0.05) is 0 Å². The Morgan fingerprint density at radius 3 is 3.08 bits per heavy atom. The van der Waals surface area contributed by atoms with Crippen LogP contribution >= 0.6 is 24.0 Å². The van der Waals surface area contributed by atoms with E-state index in [0.717, 1.165) is 12.3 Å². The number of aryl methyl sites for hydroxylation is 1. The first-order chi connectivity index (χ1) is 5.74. The first kappa shape index (κ1) is 9.54. The van der Waals surface area contributed by atoms with Crippen LogP contribution in [0.4, 0.5) is 0 Å². The van der Waals surface area contributed by atoms with E-state index in [0.29, 0.717) is 4.77 Å². The van der Waals surface area contributed by atoms with Crippen molar-refractivity contribution in [1.29, 1.82) is 0 Å². The van der Waals surface area contributed by atoms with Crippen LogP contribution in [0.5, 0.6) is 0 Å². The Morgan fingerprint density at radius 1 is 1.75 bits per heavy atom. The third-order valence-electron chi connectivity index (χ3n) is 1.43. The lowest BCUT2D eigenvalue weighted by Crippen LogP contribution is -2.11. The molecule has 0 spiro atoms. The Balaban J connectivity index is 2.87. The van der Waals surface area contributed by atoms with E-state index in [1.54, 1.807) is 18.0 Å². The zero-order valence-electron chi connectivity index (χ0n) is 6.74. The molecule has 1 aromatic heterocycles. The van der Waals surface area contributed by atoms with Gasteiger partial charge >= 0.3 is 0 Å². The lowest BCUT2D eigenvalue weighted by molar-refractivity contribution is 0.723. The molecule has 12 heavy (non-hydrogen) atoms. The highest BCUT2D eigenvalue weighted by molar-refractivity contribution is 7.98. The zero-order chi connectivity index (χ0) is 8.97. The topological polar surface area (TPSA) is 37.8 Å². The second-order valence-electron chi connectivity index (χ2n) is 2.30. The molecule has 5 heteroatoms. The SMILES string of the molecule is CSCCn1ccc(=O)[nH]c1=S. The molecular weight excluding hydrogens is 192 g/mol. The second-order valence-corrected chi connectivity index (χ2v) is 3.67. The van der Waals surface area contributed by atoms with Gasteiger partial charge in [0, 0.05) is 24.6 Å². The van der Waals surface area contributed by atoms with Crippen molar-refractivity contribution in [2.24, 2.45) is 0 Å². The van der Waals surface area contributed by atoms with E-state index in [9.17, 15) is 4.79 Å². The van der Waals surface area contributed by atoms with Gasteiger partial charge in [0.2, 0.25) is 0 Å². The second kappa shape index (κ2) is 4.47. The molecule has 0 aliphatic carbocycles. The van der Waals surface area contributed by atoms with Crippen LogP contribution in [-0.4, -0.2) is 21.6 Å². The van der Waals surface area contributed by atoms with Gasteiger partial charge in [-0.25, -0.2) is 0 Å². The molecule has 0 fully saturated rings.